The van der Waals surface area contributed by atoms with Crippen LogP contribution in [0.1, 0.15) is 113 Å². The van der Waals surface area contributed by atoms with Crippen LogP contribution in [-0.2, 0) is 14.4 Å². The van der Waals surface area contributed by atoms with E-state index >= 15 is 0 Å². The van der Waals surface area contributed by atoms with E-state index in [1.165, 1.54) is 19.3 Å². The Labute approximate surface area is 202 Å². The molecule has 4 aliphatic rings. The quantitative estimate of drug-likeness (QED) is 0.445. The number of hydrogen-bond donors (Lipinski definition) is 0. The van der Waals surface area contributed by atoms with Gasteiger partial charge >= 0.3 is 0 Å². The van der Waals surface area contributed by atoms with Gasteiger partial charge in [0.1, 0.15) is 17.3 Å². The van der Waals surface area contributed by atoms with E-state index < -0.39 is 5.41 Å². The highest BCUT2D eigenvalue weighted by atomic mass is 16.1. The number of Topliss-reactive ketones (excluding diaryl/α,β-unsaturated/α-hetero) is 3. The molecule has 0 spiro atoms. The molecule has 0 saturated heterocycles. The number of fused-ring (bicyclic) bond motifs is 5. The lowest BCUT2D eigenvalue weighted by atomic mass is 9.37. The van der Waals surface area contributed by atoms with Crippen LogP contribution in [0.5, 0.6) is 0 Å². The lowest BCUT2D eigenvalue weighted by Gasteiger charge is -2.64. The molecule has 4 fully saturated rings. The van der Waals surface area contributed by atoms with Crippen LogP contribution in [0, 0.1) is 57.2 Å². The van der Waals surface area contributed by atoms with Gasteiger partial charge in [-0.1, -0.05) is 74.7 Å². The summed E-state index contributed by atoms with van der Waals surface area (Å²) in [5.41, 5.74) is -0.961. The van der Waals surface area contributed by atoms with E-state index in [0.29, 0.717) is 36.9 Å². The van der Waals surface area contributed by atoms with Crippen LogP contribution in [-0.4, -0.2) is 17.3 Å². The molecule has 0 aromatic carbocycles. The normalized spacial score (nSPS) is 45.5. The maximum atomic E-state index is 14.1. The summed E-state index contributed by atoms with van der Waals surface area (Å²) in [4.78, 5) is 40.8. The van der Waals surface area contributed by atoms with Gasteiger partial charge in [-0.3, -0.25) is 14.4 Å². The summed E-state index contributed by atoms with van der Waals surface area (Å²) in [6.07, 6.45) is 8.36. The Bertz CT molecular complexity index is 839. The van der Waals surface area contributed by atoms with Crippen molar-refractivity contribution in [2.75, 3.05) is 0 Å². The molecule has 0 aliphatic heterocycles. The van der Waals surface area contributed by atoms with E-state index in [0.717, 1.165) is 25.2 Å². The highest BCUT2D eigenvalue weighted by Gasteiger charge is 2.72. The highest BCUT2D eigenvalue weighted by Crippen LogP contribution is 2.73. The Morgan fingerprint density at radius 2 is 1.52 bits per heavy atom. The maximum Gasteiger partial charge on any atom is 0.138 e. The summed E-state index contributed by atoms with van der Waals surface area (Å²) >= 11 is 0. The monoisotopic (exact) mass is 456 g/mol. The van der Waals surface area contributed by atoms with E-state index in [2.05, 4.69) is 41.5 Å². The predicted molar refractivity (Wildman–Crippen MR) is 133 cm³/mol. The Morgan fingerprint density at radius 1 is 0.848 bits per heavy atom. The molecular weight excluding hydrogens is 408 g/mol. The van der Waals surface area contributed by atoms with E-state index in [1.807, 2.05) is 13.8 Å². The van der Waals surface area contributed by atoms with Crippen LogP contribution in [0.15, 0.2) is 0 Å². The van der Waals surface area contributed by atoms with Gasteiger partial charge in [-0.05, 0) is 59.2 Å². The van der Waals surface area contributed by atoms with Gasteiger partial charge in [0.05, 0.1) is 0 Å². The third-order valence-electron chi connectivity index (χ3n) is 11.9. The Balaban J connectivity index is 1.68. The van der Waals surface area contributed by atoms with Gasteiger partial charge < -0.3 is 0 Å². The van der Waals surface area contributed by atoms with Crippen LogP contribution < -0.4 is 0 Å². The zero-order valence-corrected chi connectivity index (χ0v) is 22.6. The predicted octanol–water partition coefficient (Wildman–Crippen LogP) is 7.06. The number of carbonyl (C=O) groups is 3. The maximum absolute atomic E-state index is 14.1. The molecule has 8 atom stereocenters. The lowest BCUT2D eigenvalue weighted by Crippen LogP contribution is -2.66. The second-order valence-electron chi connectivity index (χ2n) is 14.3. The smallest absolute Gasteiger partial charge is 0.138 e. The average molecular weight is 457 g/mol. The zero-order valence-electron chi connectivity index (χ0n) is 22.6. The second kappa shape index (κ2) is 8.02. The summed E-state index contributed by atoms with van der Waals surface area (Å²) in [6.45, 7) is 18.0. The summed E-state index contributed by atoms with van der Waals surface area (Å²) in [5.74, 6) is 2.34. The minimum absolute atomic E-state index is 0.0101. The number of ketones is 3. The number of rotatable bonds is 5. The summed E-state index contributed by atoms with van der Waals surface area (Å²) in [7, 11) is 0. The molecule has 0 aromatic heterocycles. The van der Waals surface area contributed by atoms with Crippen molar-refractivity contribution in [2.45, 2.75) is 113 Å². The first-order valence-electron chi connectivity index (χ1n) is 13.8. The summed E-state index contributed by atoms with van der Waals surface area (Å²) in [5, 5.41) is 0. The van der Waals surface area contributed by atoms with Crippen molar-refractivity contribution < 1.29 is 14.4 Å². The van der Waals surface area contributed by atoms with E-state index in [4.69, 9.17) is 0 Å². The first-order valence-corrected chi connectivity index (χ1v) is 13.8. The van der Waals surface area contributed by atoms with Crippen molar-refractivity contribution in [2.24, 2.45) is 57.2 Å². The van der Waals surface area contributed by atoms with Gasteiger partial charge in [0.25, 0.3) is 0 Å². The SMILES string of the molecule is CC(C)CCC[C@@H](C)[C@H]1CC[C@@]2(C)[C@@H]3C(=O)CC4C(C)(C)C(=O)CC[C@]4(C)[C@H]3C(=O)C[C@]12C. The standard InChI is InChI=1S/C30H48O3/c1-18(2)10-9-11-19(3)20-12-15-29(7)26-21(31)16-23-27(4,5)24(33)13-14-28(23,6)25(26)22(32)17-30(20,29)8/h18-20,23,25-26H,9-17H2,1-8H3/t19-,20-,23?,25+,26-,28+,29+,30-/m1/s1. The molecule has 4 saturated carbocycles. The van der Waals surface area contributed by atoms with Gasteiger partial charge in [-0.15, -0.1) is 0 Å². The molecule has 4 aliphatic carbocycles. The van der Waals surface area contributed by atoms with Crippen molar-refractivity contribution in [1.82, 2.24) is 0 Å². The molecule has 4 rings (SSSR count). The Kier molecular flexibility index (Phi) is 6.10. The summed E-state index contributed by atoms with van der Waals surface area (Å²) < 4.78 is 0. The Hall–Kier alpha value is -0.990. The summed E-state index contributed by atoms with van der Waals surface area (Å²) in [6, 6.07) is 0. The fourth-order valence-electron chi connectivity index (χ4n) is 9.69. The molecule has 3 heteroatoms. The van der Waals surface area contributed by atoms with Crippen LogP contribution in [0.4, 0.5) is 0 Å². The Morgan fingerprint density at radius 3 is 2.15 bits per heavy atom. The lowest BCUT2D eigenvalue weighted by molar-refractivity contribution is -0.191. The molecule has 0 amide bonds. The first kappa shape index (κ1) is 25.1. The zero-order chi connectivity index (χ0) is 24.6. The van der Waals surface area contributed by atoms with Crippen molar-refractivity contribution in [3.8, 4) is 0 Å². The van der Waals surface area contributed by atoms with Crippen LogP contribution >= 0.6 is 0 Å². The van der Waals surface area contributed by atoms with Crippen molar-refractivity contribution in [3.63, 3.8) is 0 Å². The molecule has 0 aromatic rings. The van der Waals surface area contributed by atoms with Crippen molar-refractivity contribution >= 4 is 17.3 Å². The minimum atomic E-state index is -0.515. The van der Waals surface area contributed by atoms with E-state index in [1.54, 1.807) is 0 Å². The minimum Gasteiger partial charge on any atom is -0.299 e. The third kappa shape index (κ3) is 3.45. The number of hydrogen-bond acceptors (Lipinski definition) is 3. The highest BCUT2D eigenvalue weighted by molar-refractivity contribution is 5.96. The third-order valence-corrected chi connectivity index (χ3v) is 11.9. The van der Waals surface area contributed by atoms with Crippen molar-refractivity contribution in [3.05, 3.63) is 0 Å². The van der Waals surface area contributed by atoms with E-state index in [9.17, 15) is 14.4 Å². The van der Waals surface area contributed by atoms with E-state index in [-0.39, 0.29) is 45.6 Å². The topological polar surface area (TPSA) is 51.2 Å². The molecule has 0 N–H and O–H groups in total. The van der Waals surface area contributed by atoms with Crippen LogP contribution in [0.2, 0.25) is 0 Å². The molecule has 186 valence electrons. The fourth-order valence-corrected chi connectivity index (χ4v) is 9.69. The largest absolute Gasteiger partial charge is 0.299 e. The van der Waals surface area contributed by atoms with Crippen molar-refractivity contribution in [1.29, 1.82) is 0 Å². The molecule has 0 bridgehead atoms. The van der Waals surface area contributed by atoms with Gasteiger partial charge in [0, 0.05) is 36.5 Å². The average Bonchev–Trinajstić information content (AvgIpc) is 2.97. The fraction of sp³-hybridized carbons (Fsp3) is 0.900. The van der Waals surface area contributed by atoms with Crippen LogP contribution in [0.25, 0.3) is 0 Å². The molecule has 33 heavy (non-hydrogen) atoms. The first-order chi connectivity index (χ1) is 15.2. The molecule has 0 heterocycles. The molecule has 3 nitrogen and oxygen atoms in total. The van der Waals surface area contributed by atoms with Gasteiger partial charge in [-0.2, -0.15) is 0 Å². The molecular formula is C30H48O3. The van der Waals surface area contributed by atoms with Crippen LogP contribution in [0.3, 0.4) is 0 Å². The van der Waals surface area contributed by atoms with Gasteiger partial charge in [-0.25, -0.2) is 0 Å². The van der Waals surface area contributed by atoms with Gasteiger partial charge in [0.15, 0.2) is 0 Å². The second-order valence-corrected chi connectivity index (χ2v) is 14.3. The molecule has 1 unspecified atom stereocenters. The molecule has 0 radical (unpaired) electrons. The van der Waals surface area contributed by atoms with Gasteiger partial charge in [0.2, 0.25) is 0 Å². The number of carbonyl (C=O) groups excluding carboxylic acids is 3.